The van der Waals surface area contributed by atoms with Crippen LogP contribution in [0.1, 0.15) is 40.0 Å². The van der Waals surface area contributed by atoms with Crippen LogP contribution < -0.4 is 10.1 Å². The fourth-order valence-electron chi connectivity index (χ4n) is 3.10. The maximum Gasteiger partial charge on any atom is 0.262 e. The number of ether oxygens (including phenoxy) is 1. The van der Waals surface area contributed by atoms with Crippen molar-refractivity contribution in [3.63, 3.8) is 0 Å². The van der Waals surface area contributed by atoms with Gasteiger partial charge >= 0.3 is 0 Å². The van der Waals surface area contributed by atoms with Gasteiger partial charge < -0.3 is 10.1 Å². The average Bonchev–Trinajstić information content (AvgIpc) is 2.91. The average molecular weight is 340 g/mol. The van der Waals surface area contributed by atoms with Gasteiger partial charge in [0.25, 0.3) is 5.91 Å². The number of rotatable bonds is 4. The molecule has 4 nitrogen and oxygen atoms in total. The van der Waals surface area contributed by atoms with E-state index < -0.39 is 0 Å². The molecule has 0 bridgehead atoms. The number of thiophene rings is 1. The second kappa shape index (κ2) is 7.06. The second-order valence-electron chi connectivity index (χ2n) is 6.08. The van der Waals surface area contributed by atoms with E-state index >= 15 is 0 Å². The number of nitriles is 1. The summed E-state index contributed by atoms with van der Waals surface area (Å²) in [6, 6.07) is 8.14. The third-order valence-corrected chi connectivity index (χ3v) is 5.50. The molecule has 0 saturated heterocycles. The number of aryl methyl sites for hydroxylation is 3. The predicted octanol–water partition coefficient (Wildman–Crippen LogP) is 4.13. The van der Waals surface area contributed by atoms with Crippen molar-refractivity contribution in [2.75, 3.05) is 11.9 Å². The summed E-state index contributed by atoms with van der Waals surface area (Å²) < 4.78 is 5.69. The molecule has 0 atom stereocenters. The van der Waals surface area contributed by atoms with E-state index in [1.807, 2.05) is 32.0 Å². The number of benzene rings is 1. The van der Waals surface area contributed by atoms with Gasteiger partial charge in [-0.3, -0.25) is 4.79 Å². The zero-order chi connectivity index (χ0) is 17.1. The van der Waals surface area contributed by atoms with Crippen molar-refractivity contribution < 1.29 is 9.53 Å². The van der Waals surface area contributed by atoms with Crippen LogP contribution >= 0.6 is 11.3 Å². The maximum absolute atomic E-state index is 12.3. The molecule has 2 aromatic rings. The molecule has 0 unspecified atom stereocenters. The summed E-state index contributed by atoms with van der Waals surface area (Å²) in [6.45, 7) is 3.86. The molecule has 0 spiro atoms. The summed E-state index contributed by atoms with van der Waals surface area (Å²) in [7, 11) is 0. The van der Waals surface area contributed by atoms with Crippen molar-refractivity contribution in [1.82, 2.24) is 0 Å². The Hall–Kier alpha value is -2.32. The van der Waals surface area contributed by atoms with Gasteiger partial charge in [0.1, 0.15) is 16.8 Å². The molecule has 1 aliphatic rings. The number of hydrogen-bond donors (Lipinski definition) is 1. The van der Waals surface area contributed by atoms with Crippen molar-refractivity contribution in [3.8, 4) is 11.8 Å². The van der Waals surface area contributed by atoms with E-state index in [0.717, 1.165) is 48.1 Å². The molecule has 24 heavy (non-hydrogen) atoms. The molecule has 1 N–H and O–H groups in total. The topological polar surface area (TPSA) is 62.1 Å². The number of fused-ring (bicyclic) bond motifs is 1. The summed E-state index contributed by atoms with van der Waals surface area (Å²) in [4.78, 5) is 13.5. The molecule has 5 heteroatoms. The minimum absolute atomic E-state index is 0.0564. The van der Waals surface area contributed by atoms with Gasteiger partial charge in [0, 0.05) is 4.88 Å². The Bertz CT molecular complexity index is 797. The summed E-state index contributed by atoms with van der Waals surface area (Å²) in [5, 5.41) is 13.0. The molecular formula is C19H20N2O2S. The van der Waals surface area contributed by atoms with E-state index in [1.165, 1.54) is 16.2 Å². The van der Waals surface area contributed by atoms with E-state index in [-0.39, 0.29) is 12.5 Å². The Morgan fingerprint density at radius 3 is 2.71 bits per heavy atom. The van der Waals surface area contributed by atoms with E-state index in [0.29, 0.717) is 10.6 Å². The second-order valence-corrected chi connectivity index (χ2v) is 7.19. The first kappa shape index (κ1) is 16.5. The van der Waals surface area contributed by atoms with E-state index in [4.69, 9.17) is 4.74 Å². The fraction of sp³-hybridized carbons (Fsp3) is 0.368. The lowest BCUT2D eigenvalue weighted by Gasteiger charge is -2.11. The van der Waals surface area contributed by atoms with Crippen molar-refractivity contribution >= 4 is 22.2 Å². The SMILES string of the molecule is Cc1cccc(C)c1OCC(=O)Nc1sc2c(c1C#N)CCCC2. The molecule has 124 valence electrons. The minimum Gasteiger partial charge on any atom is -0.483 e. The molecule has 0 fully saturated rings. The first-order valence-corrected chi connectivity index (χ1v) is 8.95. The number of nitrogens with zero attached hydrogens (tertiary/aromatic N) is 1. The van der Waals surface area contributed by atoms with Crippen LogP contribution in [0.25, 0.3) is 0 Å². The Labute approximate surface area is 146 Å². The third-order valence-electron chi connectivity index (χ3n) is 4.29. The first-order chi connectivity index (χ1) is 11.6. The van der Waals surface area contributed by atoms with Gasteiger partial charge in [0.2, 0.25) is 0 Å². The molecule has 1 amide bonds. The third kappa shape index (κ3) is 3.29. The minimum atomic E-state index is -0.229. The zero-order valence-electron chi connectivity index (χ0n) is 13.9. The summed E-state index contributed by atoms with van der Waals surface area (Å²) in [5.74, 6) is 0.520. The van der Waals surface area contributed by atoms with Crippen LogP contribution in [0.5, 0.6) is 5.75 Å². The number of para-hydroxylation sites is 1. The Kier molecular flexibility index (Phi) is 4.86. The number of carbonyl (C=O) groups excluding carboxylic acids is 1. The van der Waals surface area contributed by atoms with Crippen molar-refractivity contribution in [2.45, 2.75) is 39.5 Å². The van der Waals surface area contributed by atoms with Crippen molar-refractivity contribution in [1.29, 1.82) is 5.26 Å². The molecule has 1 aliphatic carbocycles. The summed E-state index contributed by atoms with van der Waals surface area (Å²) >= 11 is 1.53. The number of nitrogens with one attached hydrogen (secondary N) is 1. The van der Waals surface area contributed by atoms with Crippen molar-refractivity contribution in [2.24, 2.45) is 0 Å². The molecule has 0 radical (unpaired) electrons. The molecule has 0 aliphatic heterocycles. The molecule has 0 saturated carbocycles. The van der Waals surface area contributed by atoms with Gasteiger partial charge in [-0.25, -0.2) is 0 Å². The van der Waals surface area contributed by atoms with E-state index in [9.17, 15) is 10.1 Å². The zero-order valence-corrected chi connectivity index (χ0v) is 14.8. The lowest BCUT2D eigenvalue weighted by atomic mass is 9.96. The summed E-state index contributed by atoms with van der Waals surface area (Å²) in [6.07, 6.45) is 4.20. The number of hydrogen-bond acceptors (Lipinski definition) is 4. The lowest BCUT2D eigenvalue weighted by molar-refractivity contribution is -0.118. The lowest BCUT2D eigenvalue weighted by Crippen LogP contribution is -2.20. The number of anilines is 1. The van der Waals surface area contributed by atoms with Gasteiger partial charge in [-0.2, -0.15) is 5.26 Å². The van der Waals surface area contributed by atoms with Gasteiger partial charge in [-0.1, -0.05) is 18.2 Å². The Morgan fingerprint density at radius 1 is 1.29 bits per heavy atom. The highest BCUT2D eigenvalue weighted by molar-refractivity contribution is 7.16. The van der Waals surface area contributed by atoms with E-state index in [1.54, 1.807) is 0 Å². The van der Waals surface area contributed by atoms with Gasteiger partial charge in [-0.15, -0.1) is 11.3 Å². The van der Waals surface area contributed by atoms with Gasteiger partial charge in [0.15, 0.2) is 6.61 Å². The highest BCUT2D eigenvalue weighted by atomic mass is 32.1. The Morgan fingerprint density at radius 2 is 2.00 bits per heavy atom. The largest absolute Gasteiger partial charge is 0.483 e. The predicted molar refractivity (Wildman–Crippen MR) is 95.7 cm³/mol. The molecule has 1 aromatic carbocycles. The van der Waals surface area contributed by atoms with Gasteiger partial charge in [0.05, 0.1) is 5.56 Å². The monoisotopic (exact) mass is 340 g/mol. The first-order valence-electron chi connectivity index (χ1n) is 8.13. The molecule has 3 rings (SSSR count). The smallest absolute Gasteiger partial charge is 0.262 e. The van der Waals surface area contributed by atoms with Crippen LogP contribution in [0, 0.1) is 25.2 Å². The maximum atomic E-state index is 12.3. The normalized spacial score (nSPS) is 13.0. The van der Waals surface area contributed by atoms with Crippen molar-refractivity contribution in [3.05, 3.63) is 45.3 Å². The van der Waals surface area contributed by atoms with Crippen LogP contribution in [-0.2, 0) is 17.6 Å². The number of amides is 1. The van der Waals surface area contributed by atoms with Crippen LogP contribution in [0.4, 0.5) is 5.00 Å². The number of carbonyl (C=O) groups is 1. The van der Waals surface area contributed by atoms with Gasteiger partial charge in [-0.05, 0) is 56.2 Å². The summed E-state index contributed by atoms with van der Waals surface area (Å²) in [5.41, 5.74) is 3.77. The highest BCUT2D eigenvalue weighted by Crippen LogP contribution is 2.37. The Balaban J connectivity index is 1.70. The quantitative estimate of drug-likeness (QED) is 0.910. The molecule has 1 aromatic heterocycles. The van der Waals surface area contributed by atoms with Crippen LogP contribution in [-0.4, -0.2) is 12.5 Å². The highest BCUT2D eigenvalue weighted by Gasteiger charge is 2.21. The molecular weight excluding hydrogens is 320 g/mol. The fourth-order valence-corrected chi connectivity index (χ4v) is 4.36. The van der Waals surface area contributed by atoms with Crippen LogP contribution in [0.15, 0.2) is 18.2 Å². The van der Waals surface area contributed by atoms with E-state index in [2.05, 4.69) is 11.4 Å². The standard InChI is InChI=1S/C19H20N2O2S/c1-12-6-5-7-13(2)18(12)23-11-17(22)21-19-15(10-20)14-8-3-4-9-16(14)24-19/h5-7H,3-4,8-9,11H2,1-2H3,(H,21,22). The van der Waals surface area contributed by atoms with Crippen LogP contribution in [0.3, 0.4) is 0 Å². The molecule has 1 heterocycles. The van der Waals surface area contributed by atoms with Crippen LogP contribution in [0.2, 0.25) is 0 Å².